The summed E-state index contributed by atoms with van der Waals surface area (Å²) in [5.41, 5.74) is 2.91. The lowest BCUT2D eigenvalue weighted by Crippen LogP contribution is -2.56. The van der Waals surface area contributed by atoms with Gasteiger partial charge in [-0.15, -0.1) is 11.3 Å². The second kappa shape index (κ2) is 11.5. The van der Waals surface area contributed by atoms with Crippen LogP contribution < -0.4 is 10.2 Å². The highest BCUT2D eigenvalue weighted by Crippen LogP contribution is 2.49. The number of esters is 1. The number of aryl methyl sites for hydroxylation is 1. The molecule has 1 saturated carbocycles. The van der Waals surface area contributed by atoms with Gasteiger partial charge in [-0.3, -0.25) is 9.69 Å². The van der Waals surface area contributed by atoms with E-state index in [1.807, 2.05) is 13.8 Å². The van der Waals surface area contributed by atoms with Gasteiger partial charge in [0.2, 0.25) is 5.91 Å². The number of carbonyl (C=O) groups is 2. The summed E-state index contributed by atoms with van der Waals surface area (Å²) in [7, 11) is 1.36. The van der Waals surface area contributed by atoms with Crippen LogP contribution in [-0.2, 0) is 9.53 Å². The lowest BCUT2D eigenvalue weighted by Gasteiger charge is -2.52. The number of anilines is 2. The van der Waals surface area contributed by atoms with Crippen molar-refractivity contribution >= 4 is 33.9 Å². The van der Waals surface area contributed by atoms with E-state index in [0.29, 0.717) is 23.5 Å². The molecule has 1 aliphatic carbocycles. The Balaban J connectivity index is 1.60. The largest absolute Gasteiger partial charge is 0.465 e. The second-order valence-corrected chi connectivity index (χ2v) is 11.6. The van der Waals surface area contributed by atoms with Crippen LogP contribution in [0.3, 0.4) is 0 Å². The minimum atomic E-state index is -0.687. The minimum absolute atomic E-state index is 0.0394. The van der Waals surface area contributed by atoms with E-state index >= 15 is 0 Å². The maximum absolute atomic E-state index is 13.3. The standard InChI is InChI=1S/C29H41N3O4S/c1-6-31(7-2)22-13-11-21(12-14-22)26-23-10-8-9-15-29(23,35)16-17-32(26)18-24(33)30-27-25(28(34)36-5)19(3)20(4)37-27/h11-14,23,26,35H,6-10,15-18H2,1-5H3,(H,30,33)/t23-,26-,29-/m1/s1. The van der Waals surface area contributed by atoms with Crippen molar-refractivity contribution in [2.45, 2.75) is 71.4 Å². The van der Waals surface area contributed by atoms with Crippen molar-refractivity contribution in [2.75, 3.05) is 43.5 Å². The van der Waals surface area contributed by atoms with Gasteiger partial charge in [-0.05, 0) is 70.2 Å². The molecule has 4 rings (SSSR count). The van der Waals surface area contributed by atoms with E-state index < -0.39 is 11.6 Å². The molecular formula is C29H41N3O4S. The fourth-order valence-electron chi connectivity index (χ4n) is 6.25. The molecule has 1 aromatic carbocycles. The molecule has 0 radical (unpaired) electrons. The number of carbonyl (C=O) groups excluding carboxylic acids is 2. The quantitative estimate of drug-likeness (QED) is 0.453. The molecule has 2 N–H and O–H groups in total. The highest BCUT2D eigenvalue weighted by molar-refractivity contribution is 7.16. The van der Waals surface area contributed by atoms with E-state index in [1.54, 1.807) is 0 Å². The monoisotopic (exact) mass is 527 g/mol. The first-order valence-corrected chi connectivity index (χ1v) is 14.3. The predicted octanol–water partition coefficient (Wildman–Crippen LogP) is 5.30. The third kappa shape index (κ3) is 5.56. The molecule has 37 heavy (non-hydrogen) atoms. The van der Waals surface area contributed by atoms with E-state index in [9.17, 15) is 14.7 Å². The number of hydrogen-bond acceptors (Lipinski definition) is 7. The number of ether oxygens (including phenoxy) is 1. The lowest BCUT2D eigenvalue weighted by molar-refractivity contribution is -0.135. The molecule has 1 aromatic heterocycles. The smallest absolute Gasteiger partial charge is 0.341 e. The SMILES string of the molecule is CCN(CC)c1ccc([C@@H]2[C@H]3CCCC[C@@]3(O)CCN2CC(=O)Nc2sc(C)c(C)c2C(=O)OC)cc1. The Hall–Kier alpha value is -2.42. The third-order valence-electron chi connectivity index (χ3n) is 8.41. The van der Waals surface area contributed by atoms with Crippen molar-refractivity contribution in [1.29, 1.82) is 0 Å². The third-order valence-corrected chi connectivity index (χ3v) is 9.53. The van der Waals surface area contributed by atoms with Crippen molar-refractivity contribution < 1.29 is 19.4 Å². The molecule has 2 aromatic rings. The van der Waals surface area contributed by atoms with Gasteiger partial charge in [0.25, 0.3) is 0 Å². The van der Waals surface area contributed by atoms with E-state index in [-0.39, 0.29) is 24.4 Å². The molecule has 3 atom stereocenters. The molecule has 7 nitrogen and oxygen atoms in total. The zero-order chi connectivity index (χ0) is 26.7. The number of hydrogen-bond donors (Lipinski definition) is 2. The van der Waals surface area contributed by atoms with Crippen LogP contribution in [0.25, 0.3) is 0 Å². The number of methoxy groups -OCH3 is 1. The molecule has 2 aliphatic rings. The Morgan fingerprint density at radius 1 is 1.16 bits per heavy atom. The van der Waals surface area contributed by atoms with Gasteiger partial charge in [0.1, 0.15) is 5.00 Å². The van der Waals surface area contributed by atoms with E-state index in [2.05, 4.69) is 53.2 Å². The molecule has 8 heteroatoms. The molecule has 2 fully saturated rings. The van der Waals surface area contributed by atoms with Crippen LogP contribution >= 0.6 is 11.3 Å². The molecule has 0 spiro atoms. The molecule has 0 unspecified atom stereocenters. The van der Waals surface area contributed by atoms with Crippen molar-refractivity contribution in [3.63, 3.8) is 0 Å². The number of fused-ring (bicyclic) bond motifs is 1. The molecule has 1 amide bonds. The lowest BCUT2D eigenvalue weighted by atomic mass is 9.66. The summed E-state index contributed by atoms with van der Waals surface area (Å²) in [4.78, 5) is 31.2. The summed E-state index contributed by atoms with van der Waals surface area (Å²) in [6.07, 6.45) is 4.59. The fraction of sp³-hybridized carbons (Fsp3) is 0.586. The number of aliphatic hydroxyl groups is 1. The average molecular weight is 528 g/mol. The van der Waals surface area contributed by atoms with Gasteiger partial charge < -0.3 is 20.1 Å². The van der Waals surface area contributed by atoms with Crippen molar-refractivity contribution in [1.82, 2.24) is 4.90 Å². The summed E-state index contributed by atoms with van der Waals surface area (Å²) < 4.78 is 4.97. The highest BCUT2D eigenvalue weighted by atomic mass is 32.1. The Labute approximate surface area is 224 Å². The molecule has 1 saturated heterocycles. The number of rotatable bonds is 8. The Kier molecular flexibility index (Phi) is 8.61. The van der Waals surface area contributed by atoms with E-state index in [1.165, 1.54) is 24.1 Å². The van der Waals surface area contributed by atoms with Crippen LogP contribution in [-0.4, -0.2) is 60.8 Å². The van der Waals surface area contributed by atoms with Gasteiger partial charge in [-0.2, -0.15) is 0 Å². The summed E-state index contributed by atoms with van der Waals surface area (Å²) in [5, 5.41) is 15.1. The Bertz CT molecular complexity index is 1110. The summed E-state index contributed by atoms with van der Waals surface area (Å²) in [6.45, 7) is 10.9. The number of nitrogens with one attached hydrogen (secondary N) is 1. The number of piperidine rings is 1. The number of likely N-dealkylation sites (tertiary alicyclic amines) is 1. The maximum atomic E-state index is 13.3. The van der Waals surface area contributed by atoms with Gasteiger partial charge in [-0.1, -0.05) is 25.0 Å². The van der Waals surface area contributed by atoms with Gasteiger partial charge >= 0.3 is 5.97 Å². The molecule has 202 valence electrons. The second-order valence-electron chi connectivity index (χ2n) is 10.4. The first-order valence-electron chi connectivity index (χ1n) is 13.5. The number of thiophene rings is 1. The molecule has 2 heterocycles. The topological polar surface area (TPSA) is 82.1 Å². The first-order chi connectivity index (χ1) is 17.7. The highest BCUT2D eigenvalue weighted by Gasteiger charge is 2.49. The first kappa shape index (κ1) is 27.6. The molecular weight excluding hydrogens is 486 g/mol. The van der Waals surface area contributed by atoms with Gasteiger partial charge in [0, 0.05) is 42.2 Å². The average Bonchev–Trinajstić information content (AvgIpc) is 3.17. The fourth-order valence-corrected chi connectivity index (χ4v) is 7.31. The zero-order valence-electron chi connectivity index (χ0n) is 22.8. The van der Waals surface area contributed by atoms with Crippen molar-refractivity contribution in [2.24, 2.45) is 5.92 Å². The summed E-state index contributed by atoms with van der Waals surface area (Å²) in [5.74, 6) is -0.509. The van der Waals surface area contributed by atoms with Gasteiger partial charge in [-0.25, -0.2) is 4.79 Å². The number of amides is 1. The predicted molar refractivity (Wildman–Crippen MR) is 150 cm³/mol. The molecule has 0 bridgehead atoms. The molecule has 1 aliphatic heterocycles. The maximum Gasteiger partial charge on any atom is 0.341 e. The summed E-state index contributed by atoms with van der Waals surface area (Å²) >= 11 is 1.40. The Morgan fingerprint density at radius 2 is 1.86 bits per heavy atom. The van der Waals surface area contributed by atoms with Crippen LogP contribution in [0.1, 0.15) is 78.4 Å². The number of benzene rings is 1. The van der Waals surface area contributed by atoms with Crippen molar-refractivity contribution in [3.8, 4) is 0 Å². The van der Waals surface area contributed by atoms with Crippen molar-refractivity contribution in [3.05, 3.63) is 45.8 Å². The van der Waals surface area contributed by atoms with Gasteiger partial charge in [0.15, 0.2) is 0 Å². The Morgan fingerprint density at radius 3 is 2.51 bits per heavy atom. The van der Waals surface area contributed by atoms with E-state index in [4.69, 9.17) is 4.74 Å². The normalized spacial score (nSPS) is 23.8. The summed E-state index contributed by atoms with van der Waals surface area (Å²) in [6, 6.07) is 8.63. The zero-order valence-corrected chi connectivity index (χ0v) is 23.6. The van der Waals surface area contributed by atoms with E-state index in [0.717, 1.165) is 54.8 Å². The van der Waals surface area contributed by atoms with Crippen LogP contribution in [0.5, 0.6) is 0 Å². The van der Waals surface area contributed by atoms with Gasteiger partial charge in [0.05, 0.1) is 24.8 Å². The number of nitrogens with zero attached hydrogens (tertiary/aromatic N) is 2. The van der Waals surface area contributed by atoms with Crippen LogP contribution in [0.2, 0.25) is 0 Å². The van der Waals surface area contributed by atoms with Crippen LogP contribution in [0, 0.1) is 19.8 Å². The van der Waals surface area contributed by atoms with Crippen LogP contribution in [0.15, 0.2) is 24.3 Å². The van der Waals surface area contributed by atoms with Crippen LogP contribution in [0.4, 0.5) is 10.7 Å². The minimum Gasteiger partial charge on any atom is -0.465 e.